The zero-order valence-corrected chi connectivity index (χ0v) is 13.0. The Balaban J connectivity index is 2.48. The number of hydrogen-bond donors (Lipinski definition) is 0. The van der Waals surface area contributed by atoms with Gasteiger partial charge in [-0.15, -0.1) is 0 Å². The SMILES string of the molecule is CCCCCC[C@H](C(=O)OC(C)C)N1CCCCC1. The lowest BCUT2D eigenvalue weighted by atomic mass is 10.0. The van der Waals surface area contributed by atoms with Crippen molar-refractivity contribution in [1.82, 2.24) is 4.90 Å². The van der Waals surface area contributed by atoms with Crippen LogP contribution in [0.15, 0.2) is 0 Å². The van der Waals surface area contributed by atoms with Crippen LogP contribution < -0.4 is 0 Å². The Kier molecular flexibility index (Phi) is 8.11. The molecule has 112 valence electrons. The van der Waals surface area contributed by atoms with Gasteiger partial charge in [-0.2, -0.15) is 0 Å². The highest BCUT2D eigenvalue weighted by atomic mass is 16.5. The maximum Gasteiger partial charge on any atom is 0.323 e. The van der Waals surface area contributed by atoms with Crippen molar-refractivity contribution in [2.24, 2.45) is 0 Å². The van der Waals surface area contributed by atoms with E-state index >= 15 is 0 Å². The Morgan fingerprint density at radius 2 is 1.79 bits per heavy atom. The van der Waals surface area contributed by atoms with E-state index in [2.05, 4.69) is 11.8 Å². The predicted molar refractivity (Wildman–Crippen MR) is 79.2 cm³/mol. The molecule has 0 unspecified atom stereocenters. The third-order valence-electron chi connectivity index (χ3n) is 3.79. The summed E-state index contributed by atoms with van der Waals surface area (Å²) in [6.07, 6.45) is 9.59. The van der Waals surface area contributed by atoms with Crippen LogP contribution in [-0.2, 0) is 9.53 Å². The molecule has 19 heavy (non-hydrogen) atoms. The summed E-state index contributed by atoms with van der Waals surface area (Å²) >= 11 is 0. The van der Waals surface area contributed by atoms with E-state index in [1.54, 1.807) is 0 Å². The summed E-state index contributed by atoms with van der Waals surface area (Å²) < 4.78 is 5.44. The summed E-state index contributed by atoms with van der Waals surface area (Å²) in [7, 11) is 0. The normalized spacial score (nSPS) is 18.5. The van der Waals surface area contributed by atoms with E-state index < -0.39 is 0 Å². The van der Waals surface area contributed by atoms with Crippen molar-refractivity contribution in [2.45, 2.75) is 84.3 Å². The maximum absolute atomic E-state index is 12.3. The average Bonchev–Trinajstić information content (AvgIpc) is 2.39. The second-order valence-corrected chi connectivity index (χ2v) is 5.95. The number of ether oxygens (including phenoxy) is 1. The van der Waals surface area contributed by atoms with E-state index in [9.17, 15) is 4.79 Å². The molecule has 1 fully saturated rings. The van der Waals surface area contributed by atoms with Crippen LogP contribution in [-0.4, -0.2) is 36.1 Å². The fourth-order valence-corrected chi connectivity index (χ4v) is 2.75. The Labute approximate surface area is 118 Å². The summed E-state index contributed by atoms with van der Waals surface area (Å²) in [4.78, 5) is 14.6. The summed E-state index contributed by atoms with van der Waals surface area (Å²) in [5.41, 5.74) is 0. The van der Waals surface area contributed by atoms with Crippen molar-refractivity contribution in [2.75, 3.05) is 13.1 Å². The van der Waals surface area contributed by atoms with Crippen molar-refractivity contribution < 1.29 is 9.53 Å². The molecule has 0 amide bonds. The minimum absolute atomic E-state index is 0.000411. The number of unbranched alkanes of at least 4 members (excludes halogenated alkanes) is 3. The molecule has 0 aromatic rings. The first-order chi connectivity index (χ1) is 9.15. The Hall–Kier alpha value is -0.570. The molecule has 3 heteroatoms. The van der Waals surface area contributed by atoms with Gasteiger partial charge in [0.05, 0.1) is 6.10 Å². The first-order valence-corrected chi connectivity index (χ1v) is 8.09. The van der Waals surface area contributed by atoms with Gasteiger partial charge in [0.25, 0.3) is 0 Å². The largest absolute Gasteiger partial charge is 0.462 e. The van der Waals surface area contributed by atoms with Crippen molar-refractivity contribution in [3.63, 3.8) is 0 Å². The fraction of sp³-hybridized carbons (Fsp3) is 0.938. The molecular weight excluding hydrogens is 238 g/mol. The number of piperidine rings is 1. The molecule has 0 N–H and O–H groups in total. The van der Waals surface area contributed by atoms with Crippen molar-refractivity contribution >= 4 is 5.97 Å². The van der Waals surface area contributed by atoms with Gasteiger partial charge in [0.1, 0.15) is 6.04 Å². The molecule has 0 radical (unpaired) electrons. The third-order valence-corrected chi connectivity index (χ3v) is 3.79. The highest BCUT2D eigenvalue weighted by Crippen LogP contribution is 2.18. The van der Waals surface area contributed by atoms with Gasteiger partial charge < -0.3 is 4.74 Å². The number of rotatable bonds is 8. The molecule has 0 saturated carbocycles. The standard InChI is InChI=1S/C16H31NO2/c1-4-5-6-8-11-15(16(18)19-14(2)3)17-12-9-7-10-13-17/h14-15H,4-13H2,1-3H3/t15-/m1/s1. The highest BCUT2D eigenvalue weighted by molar-refractivity contribution is 5.75. The molecule has 1 aliphatic heterocycles. The van der Waals surface area contributed by atoms with Crippen molar-refractivity contribution in [3.8, 4) is 0 Å². The quantitative estimate of drug-likeness (QED) is 0.496. The second-order valence-electron chi connectivity index (χ2n) is 5.95. The number of hydrogen-bond acceptors (Lipinski definition) is 3. The zero-order valence-electron chi connectivity index (χ0n) is 13.0. The lowest BCUT2D eigenvalue weighted by molar-refractivity contribution is -0.154. The minimum Gasteiger partial charge on any atom is -0.462 e. The molecular formula is C16H31NO2. The van der Waals surface area contributed by atoms with Gasteiger partial charge in [0.15, 0.2) is 0 Å². The van der Waals surface area contributed by atoms with Gasteiger partial charge in [-0.05, 0) is 46.2 Å². The lowest BCUT2D eigenvalue weighted by Gasteiger charge is -2.33. The van der Waals surface area contributed by atoms with E-state index in [1.807, 2.05) is 13.8 Å². The summed E-state index contributed by atoms with van der Waals surface area (Å²) in [6, 6.07) is -0.000411. The van der Waals surface area contributed by atoms with E-state index in [-0.39, 0.29) is 18.1 Å². The molecule has 0 aromatic carbocycles. The first kappa shape index (κ1) is 16.5. The van der Waals surface area contributed by atoms with E-state index in [0.717, 1.165) is 25.9 Å². The number of esters is 1. The zero-order chi connectivity index (χ0) is 14.1. The van der Waals surface area contributed by atoms with Crippen LogP contribution in [0.1, 0.15) is 72.1 Å². The maximum atomic E-state index is 12.3. The van der Waals surface area contributed by atoms with Crippen LogP contribution >= 0.6 is 0 Å². The summed E-state index contributed by atoms with van der Waals surface area (Å²) in [6.45, 7) is 8.21. The van der Waals surface area contributed by atoms with Gasteiger partial charge in [-0.25, -0.2) is 0 Å². The summed E-state index contributed by atoms with van der Waals surface area (Å²) in [5.74, 6) is -0.00611. The van der Waals surface area contributed by atoms with Gasteiger partial charge in [-0.3, -0.25) is 9.69 Å². The van der Waals surface area contributed by atoms with Crippen LogP contribution in [0.5, 0.6) is 0 Å². The molecule has 0 aliphatic carbocycles. The topological polar surface area (TPSA) is 29.5 Å². The predicted octanol–water partition coefficient (Wildman–Crippen LogP) is 3.76. The number of likely N-dealkylation sites (tertiary alicyclic amines) is 1. The monoisotopic (exact) mass is 269 g/mol. The van der Waals surface area contributed by atoms with E-state index in [4.69, 9.17) is 4.74 Å². The van der Waals surface area contributed by atoms with Crippen LogP contribution in [0.2, 0.25) is 0 Å². The minimum atomic E-state index is -0.00611. The molecule has 0 aromatic heterocycles. The second kappa shape index (κ2) is 9.35. The molecule has 1 heterocycles. The molecule has 3 nitrogen and oxygen atoms in total. The number of nitrogens with zero attached hydrogens (tertiary/aromatic N) is 1. The molecule has 1 rings (SSSR count). The number of carbonyl (C=O) groups excluding carboxylic acids is 1. The first-order valence-electron chi connectivity index (χ1n) is 8.09. The smallest absolute Gasteiger partial charge is 0.323 e. The highest BCUT2D eigenvalue weighted by Gasteiger charge is 2.28. The van der Waals surface area contributed by atoms with Gasteiger partial charge in [-0.1, -0.05) is 39.0 Å². The van der Waals surface area contributed by atoms with Crippen LogP contribution in [0, 0.1) is 0 Å². The Bertz CT molecular complexity index is 247. The number of carbonyl (C=O) groups is 1. The Morgan fingerprint density at radius 1 is 1.11 bits per heavy atom. The lowest BCUT2D eigenvalue weighted by Crippen LogP contribution is -2.45. The fourth-order valence-electron chi connectivity index (χ4n) is 2.75. The van der Waals surface area contributed by atoms with Gasteiger partial charge >= 0.3 is 5.97 Å². The van der Waals surface area contributed by atoms with Crippen LogP contribution in [0.25, 0.3) is 0 Å². The molecule has 0 bridgehead atoms. The third kappa shape index (κ3) is 6.42. The van der Waals surface area contributed by atoms with E-state index in [1.165, 1.54) is 38.5 Å². The van der Waals surface area contributed by atoms with Crippen molar-refractivity contribution in [1.29, 1.82) is 0 Å². The molecule has 1 atom stereocenters. The van der Waals surface area contributed by atoms with Crippen LogP contribution in [0.4, 0.5) is 0 Å². The van der Waals surface area contributed by atoms with Gasteiger partial charge in [0, 0.05) is 0 Å². The van der Waals surface area contributed by atoms with Crippen LogP contribution in [0.3, 0.4) is 0 Å². The average molecular weight is 269 g/mol. The molecule has 0 spiro atoms. The van der Waals surface area contributed by atoms with Crippen molar-refractivity contribution in [3.05, 3.63) is 0 Å². The Morgan fingerprint density at radius 3 is 2.37 bits per heavy atom. The van der Waals surface area contributed by atoms with E-state index in [0.29, 0.717) is 0 Å². The molecule has 1 saturated heterocycles. The van der Waals surface area contributed by atoms with Gasteiger partial charge in [0.2, 0.25) is 0 Å². The summed E-state index contributed by atoms with van der Waals surface area (Å²) in [5, 5.41) is 0. The molecule has 1 aliphatic rings.